The number of fused-ring (bicyclic) bond motifs is 1. The highest BCUT2D eigenvalue weighted by Crippen LogP contribution is 2.27. The average Bonchev–Trinajstić information content (AvgIpc) is 2.57. The van der Waals surface area contributed by atoms with Gasteiger partial charge in [0.05, 0.1) is 6.21 Å². The maximum absolute atomic E-state index is 11.9. The maximum Gasteiger partial charge on any atom is 0.271 e. The lowest BCUT2D eigenvalue weighted by atomic mass is 10.1. The van der Waals surface area contributed by atoms with E-state index in [-0.39, 0.29) is 11.7 Å². The first-order valence-corrected chi connectivity index (χ1v) is 7.32. The number of hydrogen-bond acceptors (Lipinski definition) is 3. The number of carbonyl (C=O) groups is 1. The van der Waals surface area contributed by atoms with Gasteiger partial charge in [-0.3, -0.25) is 4.79 Å². The summed E-state index contributed by atoms with van der Waals surface area (Å²) in [6.07, 6.45) is 1.41. The molecule has 0 spiro atoms. The van der Waals surface area contributed by atoms with Crippen LogP contribution in [0.2, 0.25) is 5.02 Å². The Morgan fingerprint density at radius 1 is 1.04 bits per heavy atom. The quantitative estimate of drug-likeness (QED) is 0.566. The molecule has 0 bridgehead atoms. The molecule has 2 N–H and O–H groups in total. The maximum atomic E-state index is 11.9. The van der Waals surface area contributed by atoms with Crippen molar-refractivity contribution >= 4 is 34.5 Å². The summed E-state index contributed by atoms with van der Waals surface area (Å²) in [6, 6.07) is 17.6. The van der Waals surface area contributed by atoms with E-state index in [1.165, 1.54) is 6.21 Å². The Morgan fingerprint density at radius 2 is 1.78 bits per heavy atom. The fourth-order valence-corrected chi connectivity index (χ4v) is 2.33. The topological polar surface area (TPSA) is 61.7 Å². The van der Waals surface area contributed by atoms with Crippen LogP contribution in [0, 0.1) is 0 Å². The SMILES string of the molecule is O=C(N/N=C/c1ccc2ccccc2c1O)c1ccc(Cl)cc1. The number of rotatable bonds is 3. The lowest BCUT2D eigenvalue weighted by Gasteiger charge is -2.04. The first kappa shape index (κ1) is 15.1. The molecule has 1 amide bonds. The molecular formula is C18H13ClN2O2. The van der Waals surface area contributed by atoms with E-state index in [4.69, 9.17) is 11.6 Å². The number of carbonyl (C=O) groups excluding carboxylic acids is 1. The third kappa shape index (κ3) is 3.33. The van der Waals surface area contributed by atoms with E-state index in [1.807, 2.05) is 30.3 Å². The van der Waals surface area contributed by atoms with Gasteiger partial charge in [-0.1, -0.05) is 41.9 Å². The number of nitrogens with one attached hydrogen (secondary N) is 1. The molecule has 5 heteroatoms. The van der Waals surface area contributed by atoms with Crippen LogP contribution >= 0.6 is 11.6 Å². The summed E-state index contributed by atoms with van der Waals surface area (Å²) >= 11 is 5.78. The van der Waals surface area contributed by atoms with Crippen LogP contribution in [0.1, 0.15) is 15.9 Å². The van der Waals surface area contributed by atoms with Crippen molar-refractivity contribution in [1.82, 2.24) is 5.43 Å². The molecule has 0 heterocycles. The number of hydrazone groups is 1. The van der Waals surface area contributed by atoms with Gasteiger partial charge in [0.15, 0.2) is 0 Å². The molecule has 0 aromatic heterocycles. The second-order valence-corrected chi connectivity index (χ2v) is 5.37. The molecule has 0 unspecified atom stereocenters. The van der Waals surface area contributed by atoms with Gasteiger partial charge in [0.25, 0.3) is 5.91 Å². The van der Waals surface area contributed by atoms with Crippen LogP contribution in [0.15, 0.2) is 65.8 Å². The van der Waals surface area contributed by atoms with Crippen molar-refractivity contribution in [3.63, 3.8) is 0 Å². The number of hydrogen-bond donors (Lipinski definition) is 2. The third-order valence-electron chi connectivity index (χ3n) is 3.41. The minimum absolute atomic E-state index is 0.132. The number of benzene rings is 3. The Bertz CT molecular complexity index is 889. The molecule has 4 nitrogen and oxygen atoms in total. The fourth-order valence-electron chi connectivity index (χ4n) is 2.20. The van der Waals surface area contributed by atoms with E-state index >= 15 is 0 Å². The van der Waals surface area contributed by atoms with Crippen LogP contribution in [0.4, 0.5) is 0 Å². The second kappa shape index (κ2) is 6.50. The summed E-state index contributed by atoms with van der Waals surface area (Å²) in [5.74, 6) is -0.217. The highest BCUT2D eigenvalue weighted by Gasteiger charge is 2.05. The Balaban J connectivity index is 1.76. The second-order valence-electron chi connectivity index (χ2n) is 4.93. The predicted molar refractivity (Wildman–Crippen MR) is 92.1 cm³/mol. The summed E-state index contributed by atoms with van der Waals surface area (Å²) in [5, 5.41) is 16.4. The summed E-state index contributed by atoms with van der Waals surface area (Å²) in [7, 11) is 0. The number of halogens is 1. The Kier molecular flexibility index (Phi) is 4.26. The van der Waals surface area contributed by atoms with Gasteiger partial charge in [-0.05, 0) is 35.7 Å². The predicted octanol–water partition coefficient (Wildman–Crippen LogP) is 3.96. The Morgan fingerprint density at radius 3 is 2.57 bits per heavy atom. The molecule has 0 fully saturated rings. The van der Waals surface area contributed by atoms with Crippen molar-refractivity contribution in [3.8, 4) is 5.75 Å². The standard InChI is InChI=1S/C18H13ClN2O2/c19-15-9-7-13(8-10-15)18(23)21-20-11-14-6-5-12-3-1-2-4-16(12)17(14)22/h1-11,22H,(H,21,23)/b20-11+. The molecule has 3 aromatic carbocycles. The lowest BCUT2D eigenvalue weighted by Crippen LogP contribution is -2.17. The molecule has 114 valence electrons. The summed E-state index contributed by atoms with van der Waals surface area (Å²) < 4.78 is 0. The molecule has 0 saturated carbocycles. The number of phenolic OH excluding ortho intramolecular Hbond substituents is 1. The smallest absolute Gasteiger partial charge is 0.271 e. The van der Waals surface area contributed by atoms with E-state index in [2.05, 4.69) is 10.5 Å². The molecule has 0 aliphatic heterocycles. The Hall–Kier alpha value is -2.85. The monoisotopic (exact) mass is 324 g/mol. The van der Waals surface area contributed by atoms with Crippen molar-refractivity contribution in [3.05, 3.63) is 76.8 Å². The van der Waals surface area contributed by atoms with Crippen molar-refractivity contribution in [2.75, 3.05) is 0 Å². The number of aromatic hydroxyl groups is 1. The third-order valence-corrected chi connectivity index (χ3v) is 3.66. The van der Waals surface area contributed by atoms with E-state index in [0.717, 1.165) is 10.8 Å². The summed E-state index contributed by atoms with van der Waals surface area (Å²) in [6.45, 7) is 0. The molecule has 0 atom stereocenters. The number of amides is 1. The Labute approximate surface area is 138 Å². The molecule has 3 rings (SSSR count). The molecule has 0 aliphatic rings. The van der Waals surface area contributed by atoms with Crippen LogP contribution in [0.5, 0.6) is 5.75 Å². The zero-order chi connectivity index (χ0) is 16.2. The van der Waals surface area contributed by atoms with Gasteiger partial charge in [-0.15, -0.1) is 0 Å². The normalized spacial score (nSPS) is 11.0. The molecular weight excluding hydrogens is 312 g/mol. The van der Waals surface area contributed by atoms with Gasteiger partial charge >= 0.3 is 0 Å². The van der Waals surface area contributed by atoms with E-state index in [0.29, 0.717) is 16.1 Å². The minimum Gasteiger partial charge on any atom is -0.507 e. The van der Waals surface area contributed by atoms with Crippen molar-refractivity contribution in [1.29, 1.82) is 0 Å². The highest BCUT2D eigenvalue weighted by molar-refractivity contribution is 6.30. The van der Waals surface area contributed by atoms with Gasteiger partial charge in [-0.2, -0.15) is 5.10 Å². The lowest BCUT2D eigenvalue weighted by molar-refractivity contribution is 0.0955. The van der Waals surface area contributed by atoms with Crippen molar-refractivity contribution < 1.29 is 9.90 Å². The van der Waals surface area contributed by atoms with Crippen LogP contribution in [-0.4, -0.2) is 17.2 Å². The zero-order valence-corrected chi connectivity index (χ0v) is 12.8. The average molecular weight is 325 g/mol. The van der Waals surface area contributed by atoms with Gasteiger partial charge < -0.3 is 5.11 Å². The molecule has 0 radical (unpaired) electrons. The van der Waals surface area contributed by atoms with Gasteiger partial charge in [0.2, 0.25) is 0 Å². The fraction of sp³-hybridized carbons (Fsp3) is 0. The molecule has 0 aliphatic carbocycles. The van der Waals surface area contributed by atoms with Crippen LogP contribution in [0.25, 0.3) is 10.8 Å². The number of nitrogens with zero attached hydrogens (tertiary/aromatic N) is 1. The first-order valence-electron chi connectivity index (χ1n) is 6.95. The summed E-state index contributed by atoms with van der Waals surface area (Å²) in [5.41, 5.74) is 3.40. The number of phenols is 1. The van der Waals surface area contributed by atoms with Crippen LogP contribution < -0.4 is 5.43 Å². The van der Waals surface area contributed by atoms with Gasteiger partial charge in [0.1, 0.15) is 5.75 Å². The summed E-state index contributed by atoms with van der Waals surface area (Å²) in [4.78, 5) is 11.9. The van der Waals surface area contributed by atoms with Crippen molar-refractivity contribution in [2.24, 2.45) is 5.10 Å². The van der Waals surface area contributed by atoms with Gasteiger partial charge in [0, 0.05) is 21.5 Å². The molecule has 0 saturated heterocycles. The van der Waals surface area contributed by atoms with Crippen LogP contribution in [-0.2, 0) is 0 Å². The highest BCUT2D eigenvalue weighted by atomic mass is 35.5. The van der Waals surface area contributed by atoms with Gasteiger partial charge in [-0.25, -0.2) is 5.43 Å². The first-order chi connectivity index (χ1) is 11.1. The van der Waals surface area contributed by atoms with E-state index < -0.39 is 0 Å². The van der Waals surface area contributed by atoms with E-state index in [9.17, 15) is 9.90 Å². The van der Waals surface area contributed by atoms with Crippen LogP contribution in [0.3, 0.4) is 0 Å². The minimum atomic E-state index is -0.349. The zero-order valence-electron chi connectivity index (χ0n) is 12.0. The largest absolute Gasteiger partial charge is 0.507 e. The molecule has 3 aromatic rings. The van der Waals surface area contributed by atoms with E-state index in [1.54, 1.807) is 30.3 Å². The molecule has 23 heavy (non-hydrogen) atoms. The van der Waals surface area contributed by atoms with Crippen molar-refractivity contribution in [2.45, 2.75) is 0 Å².